The number of aryl methyl sites for hydroxylation is 2. The second kappa shape index (κ2) is 8.28. The molecule has 2 aromatic carbocycles. The number of aromatic nitrogens is 1. The van der Waals surface area contributed by atoms with E-state index in [1.54, 1.807) is 18.3 Å². The van der Waals surface area contributed by atoms with E-state index < -0.39 is 0 Å². The Morgan fingerprint density at radius 1 is 1.09 bits per heavy atom. The van der Waals surface area contributed by atoms with Gasteiger partial charge in [-0.1, -0.05) is 29.8 Å². The van der Waals surface area contributed by atoms with Crippen molar-refractivity contribution in [2.24, 2.45) is 0 Å². The van der Waals surface area contributed by atoms with Gasteiger partial charge in [-0.2, -0.15) is 0 Å². The topological polar surface area (TPSA) is 84.2 Å². The number of fused-ring (bicyclic) bond motifs is 2. The molecule has 2 amide bonds. The minimum atomic E-state index is -0.223. The van der Waals surface area contributed by atoms with Gasteiger partial charge in [-0.05, 0) is 73.7 Å². The van der Waals surface area contributed by atoms with Crippen LogP contribution in [-0.4, -0.2) is 29.9 Å². The SMILES string of the molecule is Cc1ccccc1C(=O)Nc1cc(C)c(C(=O)N2CCCC3(CN3)c3cc(Cl)ccc32)cn1. The molecule has 2 aliphatic heterocycles. The fraction of sp³-hybridized carbons (Fsp3) is 0.269. The molecular formula is C26H25ClN4O2. The van der Waals surface area contributed by atoms with Crippen molar-refractivity contribution in [3.05, 3.63) is 87.6 Å². The van der Waals surface area contributed by atoms with E-state index in [4.69, 9.17) is 11.6 Å². The minimum Gasteiger partial charge on any atom is -0.308 e. The number of carbonyl (C=O) groups excluding carboxylic acids is 2. The van der Waals surface area contributed by atoms with Crippen molar-refractivity contribution in [2.45, 2.75) is 32.2 Å². The zero-order chi connectivity index (χ0) is 23.2. The van der Waals surface area contributed by atoms with E-state index in [-0.39, 0.29) is 17.4 Å². The van der Waals surface area contributed by atoms with Crippen LogP contribution in [0.5, 0.6) is 0 Å². The zero-order valence-corrected chi connectivity index (χ0v) is 19.4. The van der Waals surface area contributed by atoms with Gasteiger partial charge in [0.15, 0.2) is 0 Å². The molecule has 1 spiro atoms. The van der Waals surface area contributed by atoms with E-state index in [9.17, 15) is 9.59 Å². The van der Waals surface area contributed by atoms with Crippen LogP contribution >= 0.6 is 11.6 Å². The highest BCUT2D eigenvalue weighted by Crippen LogP contribution is 2.44. The predicted molar refractivity (Wildman–Crippen MR) is 130 cm³/mol. The standard InChI is InChI=1S/C26H25ClN4O2/c1-16-6-3-4-7-19(16)24(32)30-23-12-17(2)20(14-28-23)25(33)31-11-5-10-26(15-29-26)21-13-18(27)8-9-22(21)31/h3-4,6-9,12-14,29H,5,10-11,15H2,1-2H3,(H,28,30,32). The van der Waals surface area contributed by atoms with Crippen LogP contribution in [0.25, 0.3) is 0 Å². The summed E-state index contributed by atoms with van der Waals surface area (Å²) in [5, 5.41) is 6.99. The lowest BCUT2D eigenvalue weighted by atomic mass is 9.94. The maximum atomic E-state index is 13.6. The molecule has 0 radical (unpaired) electrons. The summed E-state index contributed by atoms with van der Waals surface area (Å²) in [5.74, 6) is 0.0965. The fourth-order valence-electron chi connectivity index (χ4n) is 4.61. The van der Waals surface area contributed by atoms with Crippen LogP contribution in [0.15, 0.2) is 54.7 Å². The molecule has 3 heterocycles. The summed E-state index contributed by atoms with van der Waals surface area (Å²) < 4.78 is 0. The summed E-state index contributed by atoms with van der Waals surface area (Å²) in [4.78, 5) is 32.4. The normalized spacial score (nSPS) is 19.1. The molecule has 0 aliphatic carbocycles. The highest BCUT2D eigenvalue weighted by atomic mass is 35.5. The van der Waals surface area contributed by atoms with E-state index in [1.807, 2.05) is 55.1 Å². The van der Waals surface area contributed by atoms with Gasteiger partial charge in [0, 0.05) is 35.6 Å². The predicted octanol–water partition coefficient (Wildman–Crippen LogP) is 4.84. The third-order valence-corrected chi connectivity index (χ3v) is 6.81. The molecule has 2 N–H and O–H groups in total. The van der Waals surface area contributed by atoms with Gasteiger partial charge in [0.05, 0.1) is 11.1 Å². The molecule has 7 heteroatoms. The first-order valence-electron chi connectivity index (χ1n) is 11.1. The van der Waals surface area contributed by atoms with Crippen molar-refractivity contribution in [3.63, 3.8) is 0 Å². The summed E-state index contributed by atoms with van der Waals surface area (Å²) in [6, 6.07) is 14.9. The van der Waals surface area contributed by atoms with Gasteiger partial charge in [-0.15, -0.1) is 0 Å². The quantitative estimate of drug-likeness (QED) is 0.547. The van der Waals surface area contributed by atoms with Crippen molar-refractivity contribution in [2.75, 3.05) is 23.3 Å². The number of nitrogens with zero attached hydrogens (tertiary/aromatic N) is 2. The van der Waals surface area contributed by atoms with Crippen molar-refractivity contribution in [1.82, 2.24) is 10.3 Å². The van der Waals surface area contributed by atoms with Gasteiger partial charge in [0.25, 0.3) is 11.8 Å². The highest BCUT2D eigenvalue weighted by Gasteiger charge is 2.47. The number of hydrogen-bond acceptors (Lipinski definition) is 4. The molecular weight excluding hydrogens is 436 g/mol. The minimum absolute atomic E-state index is 0.0771. The number of anilines is 2. The molecule has 2 aliphatic rings. The number of benzene rings is 2. The molecule has 33 heavy (non-hydrogen) atoms. The van der Waals surface area contributed by atoms with Crippen LogP contribution in [0.4, 0.5) is 11.5 Å². The van der Waals surface area contributed by atoms with Gasteiger partial charge < -0.3 is 15.5 Å². The Labute approximate surface area is 198 Å². The Balaban J connectivity index is 1.41. The van der Waals surface area contributed by atoms with Gasteiger partial charge in [-0.3, -0.25) is 9.59 Å². The summed E-state index contributed by atoms with van der Waals surface area (Å²) in [6.07, 6.45) is 3.41. The Morgan fingerprint density at radius 2 is 1.88 bits per heavy atom. The van der Waals surface area contributed by atoms with E-state index in [0.29, 0.717) is 28.5 Å². The molecule has 3 aromatic rings. The van der Waals surface area contributed by atoms with Crippen molar-refractivity contribution in [1.29, 1.82) is 0 Å². The molecule has 1 atom stereocenters. The summed E-state index contributed by atoms with van der Waals surface area (Å²) in [7, 11) is 0. The molecule has 1 unspecified atom stereocenters. The second-order valence-electron chi connectivity index (χ2n) is 8.81. The first-order valence-corrected chi connectivity index (χ1v) is 11.5. The molecule has 1 fully saturated rings. The lowest BCUT2D eigenvalue weighted by Gasteiger charge is -2.24. The average Bonchev–Trinajstić information content (AvgIpc) is 3.60. The first kappa shape index (κ1) is 21.6. The Morgan fingerprint density at radius 3 is 2.61 bits per heavy atom. The molecule has 1 saturated heterocycles. The summed E-state index contributed by atoms with van der Waals surface area (Å²) in [6.45, 7) is 5.28. The number of carbonyl (C=O) groups is 2. The van der Waals surface area contributed by atoms with Crippen molar-refractivity contribution < 1.29 is 9.59 Å². The molecule has 1 aromatic heterocycles. The highest BCUT2D eigenvalue weighted by molar-refractivity contribution is 6.30. The monoisotopic (exact) mass is 460 g/mol. The number of halogens is 1. The second-order valence-corrected chi connectivity index (χ2v) is 9.25. The molecule has 0 bridgehead atoms. The van der Waals surface area contributed by atoms with Crippen molar-refractivity contribution >= 4 is 34.9 Å². The van der Waals surface area contributed by atoms with E-state index in [1.165, 1.54) is 0 Å². The third kappa shape index (κ3) is 4.01. The number of nitrogens with one attached hydrogen (secondary N) is 2. The summed E-state index contributed by atoms with van der Waals surface area (Å²) >= 11 is 6.29. The number of hydrogen-bond donors (Lipinski definition) is 2. The Bertz CT molecular complexity index is 1270. The molecule has 0 saturated carbocycles. The molecule has 6 nitrogen and oxygen atoms in total. The summed E-state index contributed by atoms with van der Waals surface area (Å²) in [5.41, 5.74) is 4.66. The smallest absolute Gasteiger partial charge is 0.260 e. The van der Waals surface area contributed by atoms with Crippen molar-refractivity contribution in [3.8, 4) is 0 Å². The maximum absolute atomic E-state index is 13.6. The van der Waals surface area contributed by atoms with Crippen LogP contribution in [0.3, 0.4) is 0 Å². The van der Waals surface area contributed by atoms with E-state index in [2.05, 4.69) is 15.6 Å². The van der Waals surface area contributed by atoms with Gasteiger partial charge >= 0.3 is 0 Å². The Hall–Kier alpha value is -3.22. The van der Waals surface area contributed by atoms with Gasteiger partial charge in [-0.25, -0.2) is 4.98 Å². The fourth-order valence-corrected chi connectivity index (χ4v) is 4.78. The van der Waals surface area contributed by atoms with Crippen LogP contribution < -0.4 is 15.5 Å². The largest absolute Gasteiger partial charge is 0.308 e. The van der Waals surface area contributed by atoms with Gasteiger partial charge in [0.2, 0.25) is 0 Å². The number of rotatable bonds is 3. The lowest BCUT2D eigenvalue weighted by Crippen LogP contribution is -2.32. The Kier molecular flexibility index (Phi) is 5.43. The molecule has 5 rings (SSSR count). The van der Waals surface area contributed by atoms with Crippen LogP contribution in [0, 0.1) is 13.8 Å². The van der Waals surface area contributed by atoms with E-state index >= 15 is 0 Å². The van der Waals surface area contributed by atoms with E-state index in [0.717, 1.165) is 41.8 Å². The number of amides is 2. The van der Waals surface area contributed by atoms with Crippen LogP contribution in [0.1, 0.15) is 50.2 Å². The van der Waals surface area contributed by atoms with Gasteiger partial charge in [0.1, 0.15) is 5.82 Å². The lowest BCUT2D eigenvalue weighted by molar-refractivity contribution is 0.0985. The maximum Gasteiger partial charge on any atom is 0.260 e. The number of pyridine rings is 1. The first-order chi connectivity index (χ1) is 15.9. The van der Waals surface area contributed by atoms with Crippen LogP contribution in [0.2, 0.25) is 5.02 Å². The molecule has 168 valence electrons. The third-order valence-electron chi connectivity index (χ3n) is 6.57. The average molecular weight is 461 g/mol. The zero-order valence-electron chi connectivity index (χ0n) is 18.6. The van der Waals surface area contributed by atoms with Crippen LogP contribution in [-0.2, 0) is 5.54 Å².